The molecule has 0 bridgehead atoms. The van der Waals surface area contributed by atoms with E-state index < -0.39 is 19.9 Å². The summed E-state index contributed by atoms with van der Waals surface area (Å²) in [5.41, 5.74) is 1.79. The van der Waals surface area contributed by atoms with Crippen molar-refractivity contribution in [3.05, 3.63) is 83.9 Å². The van der Waals surface area contributed by atoms with Crippen LogP contribution < -0.4 is 4.90 Å². The highest BCUT2D eigenvalue weighted by Crippen LogP contribution is 2.32. The van der Waals surface area contributed by atoms with Gasteiger partial charge in [-0.15, -0.1) is 0 Å². The molecule has 0 fully saturated rings. The quantitative estimate of drug-likeness (QED) is 0.235. The maximum Gasteiger partial charge on any atom is 0.260 e. The van der Waals surface area contributed by atoms with Crippen LogP contribution in [0, 0.1) is 0 Å². The van der Waals surface area contributed by atoms with Crippen LogP contribution in [0.3, 0.4) is 0 Å². The van der Waals surface area contributed by atoms with Gasteiger partial charge >= 0.3 is 0 Å². The Morgan fingerprint density at radius 1 is 0.846 bits per heavy atom. The molecule has 0 atom stereocenters. The Morgan fingerprint density at radius 2 is 1.46 bits per heavy atom. The van der Waals surface area contributed by atoms with Crippen LogP contribution in [0.15, 0.2) is 82.6 Å². The molecule has 4 aromatic rings. The smallest absolute Gasteiger partial charge is 0.260 e. The lowest BCUT2D eigenvalue weighted by Gasteiger charge is -2.22. The van der Waals surface area contributed by atoms with Crippen molar-refractivity contribution in [2.75, 3.05) is 24.2 Å². The Balaban J connectivity index is 1.71. The first-order valence-electron chi connectivity index (χ1n) is 12.6. The van der Waals surface area contributed by atoms with E-state index in [0.717, 1.165) is 11.8 Å². The number of carbonyl (C=O) groups excluding carboxylic acids is 1. The number of hydrogen-bond donors (Lipinski definition) is 0. The van der Waals surface area contributed by atoms with Gasteiger partial charge in [0.1, 0.15) is 0 Å². The van der Waals surface area contributed by atoms with Gasteiger partial charge < -0.3 is 0 Å². The van der Waals surface area contributed by atoms with Crippen molar-refractivity contribution in [3.63, 3.8) is 0 Å². The lowest BCUT2D eigenvalue weighted by Crippen LogP contribution is -2.33. The van der Waals surface area contributed by atoms with Crippen LogP contribution in [0.4, 0.5) is 5.13 Å². The summed E-state index contributed by atoms with van der Waals surface area (Å²) in [5.74, 6) is -0.343. The second-order valence-corrected chi connectivity index (χ2v) is 14.2. The molecule has 0 aliphatic heterocycles. The van der Waals surface area contributed by atoms with Gasteiger partial charge in [-0.3, -0.25) is 9.69 Å². The van der Waals surface area contributed by atoms with Crippen molar-refractivity contribution in [1.29, 1.82) is 0 Å². The van der Waals surface area contributed by atoms with Crippen LogP contribution in [0.1, 0.15) is 42.6 Å². The largest absolute Gasteiger partial charge is 0.279 e. The molecule has 4 rings (SSSR count). The van der Waals surface area contributed by atoms with Crippen LogP contribution in [0.2, 0.25) is 0 Å². The van der Waals surface area contributed by atoms with E-state index in [1.165, 1.54) is 50.9 Å². The monoisotopic (exact) mass is 585 g/mol. The van der Waals surface area contributed by atoms with Crippen LogP contribution in [0.5, 0.6) is 0 Å². The molecule has 1 heterocycles. The van der Waals surface area contributed by atoms with Crippen LogP contribution in [-0.4, -0.2) is 51.4 Å². The molecule has 0 saturated heterocycles. The summed E-state index contributed by atoms with van der Waals surface area (Å²) in [5, 5.41) is 0.415. The van der Waals surface area contributed by atoms with Crippen molar-refractivity contribution in [3.8, 4) is 0 Å². The summed E-state index contributed by atoms with van der Waals surface area (Å²) in [6.45, 7) is 4.97. The molecule has 39 heavy (non-hydrogen) atoms. The maximum absolute atomic E-state index is 13.8. The molecule has 11 heteroatoms. The van der Waals surface area contributed by atoms with Crippen LogP contribution in [0.25, 0.3) is 10.2 Å². The van der Waals surface area contributed by atoms with E-state index in [4.69, 9.17) is 0 Å². The highest BCUT2D eigenvalue weighted by molar-refractivity contribution is 7.90. The number of hydrogen-bond acceptors (Lipinski definition) is 7. The Hall–Kier alpha value is -3.12. The van der Waals surface area contributed by atoms with Gasteiger partial charge in [0.25, 0.3) is 5.91 Å². The van der Waals surface area contributed by atoms with Gasteiger partial charge in [-0.1, -0.05) is 55.5 Å². The van der Waals surface area contributed by atoms with Crippen molar-refractivity contribution in [2.24, 2.45) is 0 Å². The van der Waals surface area contributed by atoms with E-state index in [-0.39, 0.29) is 22.2 Å². The average Bonchev–Trinajstić information content (AvgIpc) is 3.35. The van der Waals surface area contributed by atoms with Gasteiger partial charge in [0, 0.05) is 24.9 Å². The Labute approximate surface area is 233 Å². The number of sulfone groups is 1. The molecule has 0 radical (unpaired) electrons. The molecule has 0 aliphatic carbocycles. The maximum atomic E-state index is 13.8. The van der Waals surface area contributed by atoms with E-state index in [1.807, 2.05) is 44.2 Å². The predicted octanol–water partition coefficient (Wildman–Crippen LogP) is 5.36. The summed E-state index contributed by atoms with van der Waals surface area (Å²) < 4.78 is 52.5. The summed E-state index contributed by atoms with van der Waals surface area (Å²) in [4.78, 5) is 20.3. The first kappa shape index (κ1) is 28.9. The molecule has 0 spiro atoms. The molecule has 0 saturated carbocycles. The number of aromatic nitrogens is 1. The molecule has 0 N–H and O–H groups in total. The standard InChI is InChI=1S/C28H31N3O5S3/c1-4-17-30(18-5-2)39(35,36)23-13-11-22(12-14-23)27(32)31(20-21-9-7-6-8-10-21)28-29-25-16-15-24(38(3,33)34)19-26(25)37-28/h6-16,19H,4-5,17-18,20H2,1-3H3. The minimum atomic E-state index is -3.67. The second kappa shape index (κ2) is 12.0. The summed E-state index contributed by atoms with van der Waals surface area (Å²) in [6, 6.07) is 20.2. The number of sulfonamides is 1. The number of fused-ring (bicyclic) bond motifs is 1. The lowest BCUT2D eigenvalue weighted by molar-refractivity contribution is 0.0985. The molecule has 0 unspecified atom stereocenters. The number of amides is 1. The van der Waals surface area contributed by atoms with Gasteiger partial charge in [-0.05, 0) is 60.9 Å². The van der Waals surface area contributed by atoms with E-state index in [9.17, 15) is 21.6 Å². The van der Waals surface area contributed by atoms with Crippen molar-refractivity contribution in [1.82, 2.24) is 9.29 Å². The molecule has 206 valence electrons. The van der Waals surface area contributed by atoms with Crippen molar-refractivity contribution < 1.29 is 21.6 Å². The molecule has 8 nitrogen and oxygen atoms in total. The fourth-order valence-electron chi connectivity index (χ4n) is 4.16. The fourth-order valence-corrected chi connectivity index (χ4v) is 7.50. The third-order valence-electron chi connectivity index (χ3n) is 6.12. The number of benzene rings is 3. The highest BCUT2D eigenvalue weighted by atomic mass is 32.2. The molecule has 1 aromatic heterocycles. The number of nitrogens with zero attached hydrogens (tertiary/aromatic N) is 3. The minimum Gasteiger partial charge on any atom is -0.279 e. The zero-order valence-corrected chi connectivity index (χ0v) is 24.5. The zero-order chi connectivity index (χ0) is 28.2. The third kappa shape index (κ3) is 6.55. The first-order valence-corrected chi connectivity index (χ1v) is 16.8. The van der Waals surface area contributed by atoms with E-state index in [2.05, 4.69) is 4.98 Å². The average molecular weight is 586 g/mol. The second-order valence-electron chi connectivity index (χ2n) is 9.20. The third-order valence-corrected chi connectivity index (χ3v) is 10.2. The predicted molar refractivity (Wildman–Crippen MR) is 155 cm³/mol. The van der Waals surface area contributed by atoms with Crippen molar-refractivity contribution in [2.45, 2.75) is 43.0 Å². The van der Waals surface area contributed by atoms with Gasteiger partial charge in [-0.2, -0.15) is 4.31 Å². The van der Waals surface area contributed by atoms with Crippen LogP contribution >= 0.6 is 11.3 Å². The molecule has 0 aliphatic rings. The fraction of sp³-hybridized carbons (Fsp3) is 0.286. The molecule has 3 aromatic carbocycles. The molecule has 1 amide bonds. The van der Waals surface area contributed by atoms with Crippen molar-refractivity contribution >= 4 is 52.5 Å². The van der Waals surface area contributed by atoms with E-state index in [1.54, 1.807) is 12.1 Å². The number of anilines is 1. The normalized spacial score (nSPS) is 12.2. The SMILES string of the molecule is CCCN(CCC)S(=O)(=O)c1ccc(C(=O)N(Cc2ccccc2)c2nc3ccc(S(C)(=O)=O)cc3s2)cc1. The number of carbonyl (C=O) groups is 1. The van der Waals surface area contributed by atoms with Gasteiger partial charge in [0.2, 0.25) is 10.0 Å². The topological polar surface area (TPSA) is 105 Å². The minimum absolute atomic E-state index is 0.142. The zero-order valence-electron chi connectivity index (χ0n) is 22.1. The number of rotatable bonds is 11. The molecular formula is C28H31N3O5S3. The van der Waals surface area contributed by atoms with E-state index in [0.29, 0.717) is 46.8 Å². The summed E-state index contributed by atoms with van der Waals surface area (Å²) in [6.07, 6.45) is 2.56. The Bertz CT molecular complexity index is 1660. The van der Waals surface area contributed by atoms with Gasteiger partial charge in [0.05, 0.1) is 26.6 Å². The number of thiazole rings is 1. The lowest BCUT2D eigenvalue weighted by atomic mass is 10.1. The van der Waals surface area contributed by atoms with Gasteiger partial charge in [0.15, 0.2) is 15.0 Å². The highest BCUT2D eigenvalue weighted by Gasteiger charge is 2.26. The Morgan fingerprint density at radius 3 is 2.05 bits per heavy atom. The first-order chi connectivity index (χ1) is 18.5. The molecular weight excluding hydrogens is 555 g/mol. The van der Waals surface area contributed by atoms with E-state index >= 15 is 0 Å². The van der Waals surface area contributed by atoms with Gasteiger partial charge in [-0.25, -0.2) is 21.8 Å². The van der Waals surface area contributed by atoms with Crippen LogP contribution in [-0.2, 0) is 26.4 Å². The Kier molecular flexibility index (Phi) is 8.85. The summed E-state index contributed by atoms with van der Waals surface area (Å²) >= 11 is 1.23. The summed E-state index contributed by atoms with van der Waals surface area (Å²) in [7, 11) is -7.07.